The van der Waals surface area contributed by atoms with Crippen LogP contribution in [0.4, 0.5) is 4.39 Å². The summed E-state index contributed by atoms with van der Waals surface area (Å²) in [7, 11) is 0. The van der Waals surface area contributed by atoms with Gasteiger partial charge in [-0.1, -0.05) is 35.0 Å². The number of rotatable bonds is 5. The van der Waals surface area contributed by atoms with Crippen molar-refractivity contribution >= 4 is 54.5 Å². The van der Waals surface area contributed by atoms with Crippen LogP contribution < -0.4 is 5.32 Å². The lowest BCUT2D eigenvalue weighted by Crippen LogP contribution is -2.25. The maximum atomic E-state index is 14.5. The summed E-state index contributed by atoms with van der Waals surface area (Å²) >= 11 is 9.07. The minimum Gasteiger partial charge on any atom is -0.306 e. The molecule has 21 heavy (non-hydrogen) atoms. The Morgan fingerprint density at radius 3 is 2.67 bits per heavy atom. The van der Waals surface area contributed by atoms with Crippen molar-refractivity contribution in [2.24, 2.45) is 0 Å². The van der Waals surface area contributed by atoms with E-state index in [0.717, 1.165) is 26.6 Å². The van der Waals surface area contributed by atoms with Crippen LogP contribution in [0.25, 0.3) is 0 Å². The molecule has 0 radical (unpaired) electrons. The van der Waals surface area contributed by atoms with Gasteiger partial charge in [-0.3, -0.25) is 0 Å². The predicted octanol–water partition coefficient (Wildman–Crippen LogP) is 6.04. The van der Waals surface area contributed by atoms with Gasteiger partial charge in [0.2, 0.25) is 0 Å². The van der Waals surface area contributed by atoms with Gasteiger partial charge in [-0.2, -0.15) is 0 Å². The highest BCUT2D eigenvalue weighted by molar-refractivity contribution is 14.1. The molecule has 0 aliphatic carbocycles. The molecule has 0 aliphatic rings. The Morgan fingerprint density at radius 1 is 1.19 bits per heavy atom. The summed E-state index contributed by atoms with van der Waals surface area (Å²) in [6.45, 7) is 2.94. The van der Waals surface area contributed by atoms with Crippen LogP contribution in [0.2, 0.25) is 0 Å². The Morgan fingerprint density at radius 2 is 1.95 bits per heavy atom. The van der Waals surface area contributed by atoms with Gasteiger partial charge in [0.1, 0.15) is 5.82 Å². The number of hydrogen-bond acceptors (Lipinski definition) is 1. The minimum atomic E-state index is -0.207. The fraction of sp³-hybridized carbons (Fsp3) is 0.250. The first-order valence-corrected chi connectivity index (χ1v) is 9.33. The molecule has 0 spiro atoms. The normalized spacial score (nSPS) is 12.4. The van der Waals surface area contributed by atoms with Crippen LogP contribution in [0.5, 0.6) is 0 Å². The van der Waals surface area contributed by atoms with E-state index in [1.54, 1.807) is 6.07 Å². The van der Waals surface area contributed by atoms with Crippen molar-refractivity contribution in [2.75, 3.05) is 6.54 Å². The molecule has 1 unspecified atom stereocenters. The van der Waals surface area contributed by atoms with Gasteiger partial charge >= 0.3 is 0 Å². The first kappa shape index (κ1) is 17.4. The Labute approximate surface area is 155 Å². The van der Waals surface area contributed by atoms with Crippen molar-refractivity contribution in [3.05, 3.63) is 65.9 Å². The second kappa shape index (κ2) is 8.04. The maximum absolute atomic E-state index is 14.5. The van der Waals surface area contributed by atoms with Gasteiger partial charge in [0.15, 0.2) is 0 Å². The van der Waals surface area contributed by atoms with E-state index in [0.29, 0.717) is 10.0 Å². The highest BCUT2D eigenvalue weighted by atomic mass is 127. The molecule has 1 nitrogen and oxygen atoms in total. The first-order chi connectivity index (χ1) is 10.0. The minimum absolute atomic E-state index is 0.160. The van der Waals surface area contributed by atoms with Gasteiger partial charge in [-0.25, -0.2) is 4.39 Å². The largest absolute Gasteiger partial charge is 0.306 e. The molecular weight excluding hydrogens is 512 g/mol. The van der Waals surface area contributed by atoms with Crippen molar-refractivity contribution in [2.45, 2.75) is 19.4 Å². The highest BCUT2D eigenvalue weighted by Gasteiger charge is 2.21. The molecule has 0 bridgehead atoms. The van der Waals surface area contributed by atoms with Crippen molar-refractivity contribution < 1.29 is 4.39 Å². The summed E-state index contributed by atoms with van der Waals surface area (Å²) in [4.78, 5) is 0. The molecule has 0 aliphatic heterocycles. The van der Waals surface area contributed by atoms with Crippen molar-refractivity contribution in [1.82, 2.24) is 5.32 Å². The van der Waals surface area contributed by atoms with Crippen LogP contribution in [0.1, 0.15) is 30.5 Å². The van der Waals surface area contributed by atoms with Crippen molar-refractivity contribution in [1.29, 1.82) is 0 Å². The Balaban J connectivity index is 2.52. The van der Waals surface area contributed by atoms with Crippen LogP contribution in [0.15, 0.2) is 45.3 Å². The third-order valence-electron chi connectivity index (χ3n) is 3.16. The number of hydrogen-bond donors (Lipinski definition) is 1. The molecule has 112 valence electrons. The Hall–Kier alpha value is 0.0200. The molecule has 2 aromatic carbocycles. The highest BCUT2D eigenvalue weighted by Crippen LogP contribution is 2.32. The molecule has 5 heteroatoms. The van der Waals surface area contributed by atoms with E-state index in [-0.39, 0.29) is 11.9 Å². The van der Waals surface area contributed by atoms with Crippen molar-refractivity contribution in [3.63, 3.8) is 0 Å². The molecule has 0 aromatic heterocycles. The smallest absolute Gasteiger partial charge is 0.142 e. The van der Waals surface area contributed by atoms with E-state index in [1.807, 2.05) is 24.3 Å². The van der Waals surface area contributed by atoms with E-state index in [4.69, 9.17) is 0 Å². The molecule has 0 fully saturated rings. The molecule has 0 heterocycles. The topological polar surface area (TPSA) is 12.0 Å². The molecule has 1 atom stereocenters. The maximum Gasteiger partial charge on any atom is 0.142 e. The lowest BCUT2D eigenvalue weighted by atomic mass is 9.98. The van der Waals surface area contributed by atoms with Gasteiger partial charge in [-0.05, 0) is 81.3 Å². The molecule has 2 aromatic rings. The quantitative estimate of drug-likeness (QED) is 0.468. The van der Waals surface area contributed by atoms with Gasteiger partial charge in [0.05, 0.1) is 10.5 Å². The van der Waals surface area contributed by atoms with Crippen LogP contribution in [0.3, 0.4) is 0 Å². The van der Waals surface area contributed by atoms with Crippen LogP contribution in [0, 0.1) is 9.39 Å². The van der Waals surface area contributed by atoms with Gasteiger partial charge in [0, 0.05) is 13.6 Å². The third kappa shape index (κ3) is 4.27. The van der Waals surface area contributed by atoms with E-state index in [2.05, 4.69) is 72.8 Å². The molecular formula is C16H15Br2FIN. The molecule has 0 saturated heterocycles. The fourth-order valence-corrected chi connectivity index (χ4v) is 3.56. The third-order valence-corrected chi connectivity index (χ3v) is 5.25. The first-order valence-electron chi connectivity index (χ1n) is 6.66. The Kier molecular flexibility index (Phi) is 6.65. The fourth-order valence-electron chi connectivity index (χ4n) is 2.16. The van der Waals surface area contributed by atoms with E-state index in [9.17, 15) is 4.39 Å². The van der Waals surface area contributed by atoms with Crippen LogP contribution >= 0.6 is 54.5 Å². The summed E-state index contributed by atoms with van der Waals surface area (Å²) in [5, 5.41) is 3.45. The zero-order valence-corrected chi connectivity index (χ0v) is 16.8. The summed E-state index contributed by atoms with van der Waals surface area (Å²) in [6, 6.07) is 11.4. The monoisotopic (exact) mass is 525 g/mol. The average Bonchev–Trinajstić information content (AvgIpc) is 2.47. The zero-order chi connectivity index (χ0) is 15.4. The summed E-state index contributed by atoms with van der Waals surface area (Å²) in [6.07, 6.45) is 0.997. The molecule has 0 amide bonds. The SMILES string of the molecule is CCCNC(c1cc(Br)ccc1I)c1cccc(Br)c1F. The molecule has 1 N–H and O–H groups in total. The average molecular weight is 527 g/mol. The van der Waals surface area contributed by atoms with E-state index >= 15 is 0 Å². The van der Waals surface area contributed by atoms with Gasteiger partial charge in [-0.15, -0.1) is 0 Å². The van der Waals surface area contributed by atoms with Gasteiger partial charge < -0.3 is 5.32 Å². The zero-order valence-electron chi connectivity index (χ0n) is 11.5. The van der Waals surface area contributed by atoms with E-state index < -0.39 is 0 Å². The second-order valence-electron chi connectivity index (χ2n) is 4.70. The number of benzene rings is 2. The lowest BCUT2D eigenvalue weighted by Gasteiger charge is -2.22. The molecule has 0 saturated carbocycles. The lowest BCUT2D eigenvalue weighted by molar-refractivity contribution is 0.542. The summed E-state index contributed by atoms with van der Waals surface area (Å²) < 4.78 is 17.1. The predicted molar refractivity (Wildman–Crippen MR) is 101 cm³/mol. The summed E-state index contributed by atoms with van der Waals surface area (Å²) in [5.41, 5.74) is 1.74. The number of nitrogens with one attached hydrogen (secondary N) is 1. The van der Waals surface area contributed by atoms with E-state index in [1.165, 1.54) is 0 Å². The Bertz CT molecular complexity index is 632. The van der Waals surface area contributed by atoms with Crippen molar-refractivity contribution in [3.8, 4) is 0 Å². The standard InChI is InChI=1S/C16H15Br2FIN/c1-2-8-21-16(11-4-3-5-13(18)15(11)19)12-9-10(17)6-7-14(12)20/h3-7,9,16,21H,2,8H2,1H3. The van der Waals surface area contributed by atoms with Crippen LogP contribution in [-0.4, -0.2) is 6.54 Å². The molecule has 2 rings (SSSR count). The summed E-state index contributed by atoms with van der Waals surface area (Å²) in [5.74, 6) is -0.207. The second-order valence-corrected chi connectivity index (χ2v) is 7.63. The van der Waals surface area contributed by atoms with Crippen LogP contribution in [-0.2, 0) is 0 Å². The number of halogens is 4. The van der Waals surface area contributed by atoms with Gasteiger partial charge in [0.25, 0.3) is 0 Å².